The Hall–Kier alpha value is -1.10. The maximum atomic E-state index is 10.5. The lowest BCUT2D eigenvalue weighted by molar-refractivity contribution is -0.113. The minimum absolute atomic E-state index is 0.283. The van der Waals surface area contributed by atoms with Crippen LogP contribution in [0.4, 0.5) is 4.79 Å². The van der Waals surface area contributed by atoms with Crippen molar-refractivity contribution < 1.29 is 14.7 Å². The minimum atomic E-state index is -0.949. The normalized spacial score (nSPS) is 25.4. The fourth-order valence-corrected chi connectivity index (χ4v) is 1.22. The first-order valence-corrected chi connectivity index (χ1v) is 3.78. The summed E-state index contributed by atoms with van der Waals surface area (Å²) in [7, 11) is 1.82. The Balaban J connectivity index is 2.55. The second-order valence-electron chi connectivity index (χ2n) is 2.91. The summed E-state index contributed by atoms with van der Waals surface area (Å²) in [4.78, 5) is 24.1. The minimum Gasteiger partial charge on any atom is -0.465 e. The first-order chi connectivity index (χ1) is 5.65. The lowest BCUT2D eigenvalue weighted by Crippen LogP contribution is -2.53. The van der Waals surface area contributed by atoms with Gasteiger partial charge in [0.1, 0.15) is 6.29 Å². The summed E-state index contributed by atoms with van der Waals surface area (Å²) in [5.41, 5.74) is 0. The van der Waals surface area contributed by atoms with E-state index in [0.29, 0.717) is 13.1 Å². The molecular formula is C7H12N2O3. The Morgan fingerprint density at radius 3 is 2.75 bits per heavy atom. The number of carbonyl (C=O) groups excluding carboxylic acids is 1. The van der Waals surface area contributed by atoms with E-state index in [1.165, 1.54) is 4.90 Å². The Bertz CT molecular complexity index is 195. The van der Waals surface area contributed by atoms with Crippen LogP contribution in [-0.4, -0.2) is 60.0 Å². The highest BCUT2D eigenvalue weighted by atomic mass is 16.4. The van der Waals surface area contributed by atoms with E-state index in [1.54, 1.807) is 0 Å². The highest BCUT2D eigenvalue weighted by molar-refractivity contribution is 5.67. The summed E-state index contributed by atoms with van der Waals surface area (Å²) in [6.45, 7) is 1.39. The zero-order chi connectivity index (χ0) is 9.14. The molecule has 0 aliphatic carbocycles. The molecule has 1 saturated heterocycles. The number of carboxylic acid groups (broad SMARTS) is 1. The van der Waals surface area contributed by atoms with Crippen molar-refractivity contribution in [2.45, 2.75) is 6.04 Å². The second-order valence-corrected chi connectivity index (χ2v) is 2.91. The molecule has 0 spiro atoms. The molecule has 0 aromatic carbocycles. The number of piperazine rings is 1. The second kappa shape index (κ2) is 3.53. The van der Waals surface area contributed by atoms with Gasteiger partial charge in [-0.3, -0.25) is 4.90 Å². The summed E-state index contributed by atoms with van der Waals surface area (Å²) >= 11 is 0. The van der Waals surface area contributed by atoms with Gasteiger partial charge >= 0.3 is 6.09 Å². The number of nitrogens with zero attached hydrogens (tertiary/aromatic N) is 2. The van der Waals surface area contributed by atoms with Crippen LogP contribution >= 0.6 is 0 Å². The third kappa shape index (κ3) is 1.73. The van der Waals surface area contributed by atoms with Crippen LogP contribution in [0, 0.1) is 0 Å². The van der Waals surface area contributed by atoms with Crippen LogP contribution in [0.5, 0.6) is 0 Å². The van der Waals surface area contributed by atoms with E-state index >= 15 is 0 Å². The van der Waals surface area contributed by atoms with Crippen LogP contribution in [0.3, 0.4) is 0 Å². The maximum absolute atomic E-state index is 10.5. The van der Waals surface area contributed by atoms with E-state index in [0.717, 1.165) is 6.29 Å². The largest absolute Gasteiger partial charge is 0.465 e. The molecule has 5 nitrogen and oxygen atoms in total. The molecule has 1 heterocycles. The summed E-state index contributed by atoms with van der Waals surface area (Å²) in [5.74, 6) is 0. The van der Waals surface area contributed by atoms with Crippen LogP contribution in [-0.2, 0) is 4.79 Å². The molecule has 1 aliphatic rings. The van der Waals surface area contributed by atoms with Gasteiger partial charge in [0.05, 0.1) is 6.04 Å². The molecule has 0 aromatic heterocycles. The predicted octanol–water partition coefficient (Wildman–Crippen LogP) is -0.521. The van der Waals surface area contributed by atoms with Crippen molar-refractivity contribution >= 4 is 12.4 Å². The number of rotatable bonds is 1. The fraction of sp³-hybridized carbons (Fsp3) is 0.714. The van der Waals surface area contributed by atoms with Gasteiger partial charge in [-0.2, -0.15) is 0 Å². The molecule has 0 bridgehead atoms. The zero-order valence-electron chi connectivity index (χ0n) is 6.93. The molecule has 1 unspecified atom stereocenters. The van der Waals surface area contributed by atoms with Crippen molar-refractivity contribution in [3.8, 4) is 0 Å². The standard InChI is InChI=1S/C7H12N2O3/c1-8-2-3-9(7(11)12)4-6(8)5-10/h5-6H,2-4H2,1H3,(H,11,12). The number of amides is 1. The third-order valence-corrected chi connectivity index (χ3v) is 2.12. The molecule has 68 valence electrons. The van der Waals surface area contributed by atoms with Crippen molar-refractivity contribution in [3.63, 3.8) is 0 Å². The van der Waals surface area contributed by atoms with Gasteiger partial charge in [-0.25, -0.2) is 4.79 Å². The zero-order valence-corrected chi connectivity index (χ0v) is 6.93. The van der Waals surface area contributed by atoms with Crippen LogP contribution < -0.4 is 0 Å². The molecule has 5 heteroatoms. The Labute approximate surface area is 70.6 Å². The number of hydrogen-bond acceptors (Lipinski definition) is 3. The molecule has 1 rings (SSSR count). The van der Waals surface area contributed by atoms with Crippen molar-refractivity contribution in [2.24, 2.45) is 0 Å². The molecule has 1 fully saturated rings. The Morgan fingerprint density at radius 1 is 1.58 bits per heavy atom. The Morgan fingerprint density at radius 2 is 2.25 bits per heavy atom. The molecule has 0 radical (unpaired) electrons. The average Bonchev–Trinajstić information content (AvgIpc) is 2.05. The SMILES string of the molecule is CN1CCN(C(=O)O)CC1C=O. The highest BCUT2D eigenvalue weighted by Gasteiger charge is 2.26. The molecule has 1 N–H and O–H groups in total. The number of hydrogen-bond donors (Lipinski definition) is 1. The number of carbonyl (C=O) groups is 2. The van der Waals surface area contributed by atoms with Gasteiger partial charge in [-0.1, -0.05) is 0 Å². The van der Waals surface area contributed by atoms with E-state index in [-0.39, 0.29) is 12.6 Å². The molecule has 0 aromatic rings. The van der Waals surface area contributed by atoms with Gasteiger partial charge in [0.2, 0.25) is 0 Å². The number of likely N-dealkylation sites (N-methyl/N-ethyl adjacent to an activating group) is 1. The van der Waals surface area contributed by atoms with E-state index in [2.05, 4.69) is 0 Å². The summed E-state index contributed by atoms with van der Waals surface area (Å²) in [6.07, 6.45) is -0.162. The van der Waals surface area contributed by atoms with Crippen molar-refractivity contribution in [3.05, 3.63) is 0 Å². The summed E-state index contributed by atoms with van der Waals surface area (Å²) < 4.78 is 0. The molecule has 1 atom stereocenters. The summed E-state index contributed by atoms with van der Waals surface area (Å²) in [5, 5.41) is 8.63. The molecule has 1 amide bonds. The molecule has 0 saturated carbocycles. The first kappa shape index (κ1) is 8.99. The van der Waals surface area contributed by atoms with Gasteiger partial charge < -0.3 is 14.8 Å². The average molecular weight is 172 g/mol. The van der Waals surface area contributed by atoms with Gasteiger partial charge in [0.15, 0.2) is 0 Å². The third-order valence-electron chi connectivity index (χ3n) is 2.12. The predicted molar refractivity (Wildman–Crippen MR) is 42.1 cm³/mol. The van der Waals surface area contributed by atoms with Gasteiger partial charge in [0, 0.05) is 19.6 Å². The van der Waals surface area contributed by atoms with Gasteiger partial charge in [0.25, 0.3) is 0 Å². The number of aldehydes is 1. The van der Waals surface area contributed by atoms with Gasteiger partial charge in [-0.05, 0) is 7.05 Å². The smallest absolute Gasteiger partial charge is 0.407 e. The van der Waals surface area contributed by atoms with Gasteiger partial charge in [-0.15, -0.1) is 0 Å². The van der Waals surface area contributed by atoms with E-state index in [4.69, 9.17) is 5.11 Å². The quantitative estimate of drug-likeness (QED) is 0.540. The van der Waals surface area contributed by atoms with Crippen LogP contribution in [0.1, 0.15) is 0 Å². The summed E-state index contributed by atoms with van der Waals surface area (Å²) in [6, 6.07) is -0.283. The highest BCUT2D eigenvalue weighted by Crippen LogP contribution is 2.05. The van der Waals surface area contributed by atoms with Crippen LogP contribution in [0.15, 0.2) is 0 Å². The van der Waals surface area contributed by atoms with E-state index < -0.39 is 6.09 Å². The Kier molecular flexibility index (Phi) is 2.65. The van der Waals surface area contributed by atoms with E-state index in [9.17, 15) is 9.59 Å². The van der Waals surface area contributed by atoms with Crippen LogP contribution in [0.25, 0.3) is 0 Å². The topological polar surface area (TPSA) is 60.9 Å². The maximum Gasteiger partial charge on any atom is 0.407 e. The monoisotopic (exact) mass is 172 g/mol. The van der Waals surface area contributed by atoms with E-state index in [1.807, 2.05) is 11.9 Å². The van der Waals surface area contributed by atoms with Crippen molar-refractivity contribution in [1.29, 1.82) is 0 Å². The lowest BCUT2D eigenvalue weighted by Gasteiger charge is -2.34. The van der Waals surface area contributed by atoms with Crippen molar-refractivity contribution in [2.75, 3.05) is 26.7 Å². The lowest BCUT2D eigenvalue weighted by atomic mass is 10.2. The van der Waals surface area contributed by atoms with Crippen LogP contribution in [0.2, 0.25) is 0 Å². The fourth-order valence-electron chi connectivity index (χ4n) is 1.22. The molecular weight excluding hydrogens is 160 g/mol. The molecule has 1 aliphatic heterocycles. The molecule has 12 heavy (non-hydrogen) atoms. The van der Waals surface area contributed by atoms with Crippen molar-refractivity contribution in [1.82, 2.24) is 9.80 Å². The first-order valence-electron chi connectivity index (χ1n) is 3.78.